The summed E-state index contributed by atoms with van der Waals surface area (Å²) in [4.78, 5) is 38.1. The fraction of sp³-hybridized carbons (Fsp3) is 0.560. The van der Waals surface area contributed by atoms with E-state index in [0.29, 0.717) is 43.7 Å². The molecular weight excluding hydrogens is 425 g/mol. The summed E-state index contributed by atoms with van der Waals surface area (Å²) < 4.78 is 19.3. The summed E-state index contributed by atoms with van der Waals surface area (Å²) in [5, 5.41) is 5.87. The number of ether oxygens (including phenoxy) is 1. The zero-order chi connectivity index (χ0) is 23.4. The van der Waals surface area contributed by atoms with E-state index in [9.17, 15) is 18.8 Å². The van der Waals surface area contributed by atoms with E-state index in [0.717, 1.165) is 31.2 Å². The van der Waals surface area contributed by atoms with Gasteiger partial charge in [0.1, 0.15) is 17.9 Å². The number of benzene rings is 1. The van der Waals surface area contributed by atoms with Crippen LogP contribution in [0.3, 0.4) is 0 Å². The van der Waals surface area contributed by atoms with Gasteiger partial charge in [-0.05, 0) is 68.8 Å². The van der Waals surface area contributed by atoms with Crippen molar-refractivity contribution in [3.63, 3.8) is 0 Å². The number of allylic oxidation sites excluding steroid dienone is 1. The molecule has 178 valence electrons. The van der Waals surface area contributed by atoms with Crippen LogP contribution in [0.25, 0.3) is 0 Å². The van der Waals surface area contributed by atoms with Crippen molar-refractivity contribution in [2.45, 2.75) is 82.5 Å². The van der Waals surface area contributed by atoms with E-state index < -0.39 is 11.9 Å². The van der Waals surface area contributed by atoms with Crippen LogP contribution < -0.4 is 15.4 Å². The van der Waals surface area contributed by atoms with Crippen LogP contribution in [0, 0.1) is 0 Å². The van der Waals surface area contributed by atoms with Gasteiger partial charge in [0.2, 0.25) is 11.8 Å². The molecule has 1 saturated heterocycles. The standard InChI is InChI=1S/C25H32FN3O4/c1-16(26)6-5-13-27-20-7-3-2-4-8-22(20)33-18-9-10-19-17(14-18)15-29(25(19)32)21-11-12-23(30)28-24(21)31/h9-10,14,20-22,27H,1-8,11-13,15H2,(H,28,30,31)/t20-,21?,22-/m1/s1. The SMILES string of the molecule is C=C(F)CCCN[C@@H]1CCCCC[C@H]1Oc1ccc2c(c1)CN(C1CCC(=O)NC1=O)C2=O. The molecule has 2 heterocycles. The Morgan fingerprint density at radius 2 is 2.00 bits per heavy atom. The topological polar surface area (TPSA) is 87.7 Å². The number of imide groups is 1. The van der Waals surface area contributed by atoms with Gasteiger partial charge in [0.25, 0.3) is 5.91 Å². The van der Waals surface area contributed by atoms with E-state index in [1.54, 1.807) is 11.0 Å². The number of nitrogens with zero attached hydrogens (tertiary/aromatic N) is 1. The number of fused-ring (bicyclic) bond motifs is 1. The second-order valence-electron chi connectivity index (χ2n) is 9.19. The number of hydrogen-bond acceptors (Lipinski definition) is 5. The van der Waals surface area contributed by atoms with E-state index in [2.05, 4.69) is 17.2 Å². The van der Waals surface area contributed by atoms with Gasteiger partial charge in [-0.15, -0.1) is 0 Å². The number of nitrogens with one attached hydrogen (secondary N) is 2. The van der Waals surface area contributed by atoms with E-state index in [-0.39, 0.29) is 36.2 Å². The molecule has 1 unspecified atom stereocenters. The molecule has 3 aliphatic rings. The van der Waals surface area contributed by atoms with Gasteiger partial charge >= 0.3 is 0 Å². The average molecular weight is 458 g/mol. The van der Waals surface area contributed by atoms with Crippen LogP contribution in [0.5, 0.6) is 5.75 Å². The number of carbonyl (C=O) groups is 3. The zero-order valence-corrected chi connectivity index (χ0v) is 18.9. The molecule has 1 aromatic rings. The molecule has 33 heavy (non-hydrogen) atoms. The van der Waals surface area contributed by atoms with Crippen molar-refractivity contribution < 1.29 is 23.5 Å². The summed E-state index contributed by atoms with van der Waals surface area (Å²) >= 11 is 0. The smallest absolute Gasteiger partial charge is 0.255 e. The van der Waals surface area contributed by atoms with Crippen molar-refractivity contribution in [2.75, 3.05) is 6.54 Å². The summed E-state index contributed by atoms with van der Waals surface area (Å²) in [6.07, 6.45) is 6.99. The zero-order valence-electron chi connectivity index (χ0n) is 18.9. The van der Waals surface area contributed by atoms with Gasteiger partial charge in [-0.1, -0.05) is 19.4 Å². The molecule has 2 fully saturated rings. The van der Waals surface area contributed by atoms with Gasteiger partial charge in [0, 0.05) is 24.6 Å². The number of carbonyl (C=O) groups excluding carboxylic acids is 3. The van der Waals surface area contributed by atoms with E-state index >= 15 is 0 Å². The lowest BCUT2D eigenvalue weighted by Crippen LogP contribution is -2.52. The third-order valence-electron chi connectivity index (χ3n) is 6.77. The first kappa shape index (κ1) is 23.4. The molecule has 1 aromatic carbocycles. The molecule has 0 bridgehead atoms. The lowest BCUT2D eigenvalue weighted by molar-refractivity contribution is -0.136. The lowest BCUT2D eigenvalue weighted by atomic mass is 10.0. The lowest BCUT2D eigenvalue weighted by Gasteiger charge is -2.29. The molecule has 1 aliphatic carbocycles. The Bertz CT molecular complexity index is 934. The quantitative estimate of drug-likeness (QED) is 0.355. The van der Waals surface area contributed by atoms with Gasteiger partial charge in [-0.2, -0.15) is 0 Å². The molecule has 0 spiro atoms. The molecule has 2 aliphatic heterocycles. The Morgan fingerprint density at radius 3 is 2.79 bits per heavy atom. The summed E-state index contributed by atoms with van der Waals surface area (Å²) in [5.41, 5.74) is 1.41. The minimum Gasteiger partial charge on any atom is -0.489 e. The van der Waals surface area contributed by atoms with Crippen LogP contribution >= 0.6 is 0 Å². The van der Waals surface area contributed by atoms with Gasteiger partial charge in [-0.25, -0.2) is 4.39 Å². The van der Waals surface area contributed by atoms with E-state index in [1.807, 2.05) is 12.1 Å². The van der Waals surface area contributed by atoms with Gasteiger partial charge in [-0.3, -0.25) is 19.7 Å². The predicted octanol–water partition coefficient (Wildman–Crippen LogP) is 3.38. The van der Waals surface area contributed by atoms with Crippen molar-refractivity contribution in [1.29, 1.82) is 0 Å². The van der Waals surface area contributed by atoms with Crippen LogP contribution in [0.2, 0.25) is 0 Å². The van der Waals surface area contributed by atoms with Crippen molar-refractivity contribution in [3.05, 3.63) is 41.7 Å². The Labute approximate surface area is 193 Å². The number of halogens is 1. The third kappa shape index (κ3) is 5.61. The fourth-order valence-electron chi connectivity index (χ4n) is 5.01. The van der Waals surface area contributed by atoms with Crippen LogP contribution in [0.15, 0.2) is 30.6 Å². The molecule has 4 rings (SSSR count). The molecule has 2 N–H and O–H groups in total. The molecule has 0 radical (unpaired) electrons. The molecule has 0 aromatic heterocycles. The van der Waals surface area contributed by atoms with Crippen molar-refractivity contribution >= 4 is 17.7 Å². The Kier molecular flexibility index (Phi) is 7.42. The highest BCUT2D eigenvalue weighted by Crippen LogP contribution is 2.31. The highest BCUT2D eigenvalue weighted by atomic mass is 19.1. The maximum Gasteiger partial charge on any atom is 0.255 e. The first-order valence-electron chi connectivity index (χ1n) is 11.9. The van der Waals surface area contributed by atoms with E-state index in [1.165, 1.54) is 6.42 Å². The van der Waals surface area contributed by atoms with Crippen LogP contribution in [-0.2, 0) is 16.1 Å². The number of piperidine rings is 1. The molecule has 3 amide bonds. The Balaban J connectivity index is 1.41. The normalized spacial score (nSPS) is 25.4. The summed E-state index contributed by atoms with van der Waals surface area (Å²) in [5.74, 6) is -0.466. The van der Waals surface area contributed by atoms with Crippen LogP contribution in [0.4, 0.5) is 4.39 Å². The molecule has 1 saturated carbocycles. The van der Waals surface area contributed by atoms with Gasteiger partial charge in [0.15, 0.2) is 0 Å². The summed E-state index contributed by atoms with van der Waals surface area (Å²) in [6.45, 7) is 4.36. The monoisotopic (exact) mass is 457 g/mol. The molecule has 8 heteroatoms. The second-order valence-corrected chi connectivity index (χ2v) is 9.19. The molecular formula is C25H32FN3O4. The third-order valence-corrected chi connectivity index (χ3v) is 6.77. The van der Waals surface area contributed by atoms with Crippen molar-refractivity contribution in [2.24, 2.45) is 0 Å². The van der Waals surface area contributed by atoms with Gasteiger partial charge in [0.05, 0.1) is 5.83 Å². The first-order chi connectivity index (χ1) is 15.9. The first-order valence-corrected chi connectivity index (χ1v) is 11.9. The minimum absolute atomic E-state index is 0.00229. The van der Waals surface area contributed by atoms with Crippen molar-refractivity contribution in [3.8, 4) is 5.75 Å². The minimum atomic E-state index is -0.622. The number of hydrogen-bond donors (Lipinski definition) is 2. The van der Waals surface area contributed by atoms with Gasteiger partial charge < -0.3 is 15.0 Å². The second kappa shape index (κ2) is 10.5. The summed E-state index contributed by atoms with van der Waals surface area (Å²) in [7, 11) is 0. The number of rotatable bonds is 8. The average Bonchev–Trinajstić information content (AvgIpc) is 2.94. The largest absolute Gasteiger partial charge is 0.489 e. The fourth-order valence-corrected chi connectivity index (χ4v) is 5.01. The highest BCUT2D eigenvalue weighted by molar-refractivity contribution is 6.05. The van der Waals surface area contributed by atoms with Crippen LogP contribution in [0.1, 0.15) is 73.7 Å². The predicted molar refractivity (Wildman–Crippen MR) is 121 cm³/mol. The molecule has 3 atom stereocenters. The maximum atomic E-state index is 12.9. The molecule has 7 nitrogen and oxygen atoms in total. The highest BCUT2D eigenvalue weighted by Gasteiger charge is 2.39. The van der Waals surface area contributed by atoms with Crippen LogP contribution in [-0.4, -0.2) is 47.4 Å². The Hall–Kier alpha value is -2.74. The van der Waals surface area contributed by atoms with Crippen molar-refractivity contribution in [1.82, 2.24) is 15.5 Å². The Morgan fingerprint density at radius 1 is 1.18 bits per heavy atom. The maximum absolute atomic E-state index is 12.9. The summed E-state index contributed by atoms with van der Waals surface area (Å²) in [6, 6.07) is 5.05. The number of amides is 3. The van der Waals surface area contributed by atoms with E-state index in [4.69, 9.17) is 4.74 Å².